The summed E-state index contributed by atoms with van der Waals surface area (Å²) in [5, 5.41) is 14.2. The molecule has 1 amide bonds. The summed E-state index contributed by atoms with van der Waals surface area (Å²) in [6.45, 7) is 0. The third kappa shape index (κ3) is 2.78. The van der Waals surface area contributed by atoms with Crippen molar-refractivity contribution in [3.05, 3.63) is 54.1 Å². The Morgan fingerprint density at radius 3 is 2.73 bits per heavy atom. The van der Waals surface area contributed by atoms with Gasteiger partial charge in [0.05, 0.1) is 0 Å². The minimum Gasteiger partial charge on any atom is -0.399 e. The number of carbonyl (C=O) groups excluding carboxylic acids is 1. The van der Waals surface area contributed by atoms with E-state index in [-0.39, 0.29) is 5.91 Å². The van der Waals surface area contributed by atoms with Crippen LogP contribution in [-0.4, -0.2) is 26.1 Å². The van der Waals surface area contributed by atoms with Gasteiger partial charge in [-0.1, -0.05) is 18.2 Å². The second kappa shape index (κ2) is 5.65. The molecule has 3 rings (SSSR count). The molecule has 0 atom stereocenters. The minimum absolute atomic E-state index is 0.222. The van der Waals surface area contributed by atoms with Gasteiger partial charge >= 0.3 is 0 Å². The number of hydrogen-bond acceptors (Lipinski definition) is 5. The Labute approximate surface area is 126 Å². The lowest BCUT2D eigenvalue weighted by Crippen LogP contribution is -2.12. The van der Waals surface area contributed by atoms with E-state index in [2.05, 4.69) is 20.8 Å². The number of rotatable bonds is 3. The maximum atomic E-state index is 12.2. The fourth-order valence-corrected chi connectivity index (χ4v) is 2.09. The Bertz CT molecular complexity index is 826. The van der Waals surface area contributed by atoms with Crippen LogP contribution in [0.3, 0.4) is 0 Å². The van der Waals surface area contributed by atoms with Gasteiger partial charge in [-0.15, -0.1) is 5.10 Å². The van der Waals surface area contributed by atoms with Gasteiger partial charge in [0.1, 0.15) is 0 Å². The van der Waals surface area contributed by atoms with E-state index in [0.717, 1.165) is 5.56 Å². The van der Waals surface area contributed by atoms with Crippen molar-refractivity contribution in [3.8, 4) is 11.4 Å². The van der Waals surface area contributed by atoms with Crippen molar-refractivity contribution in [1.82, 2.24) is 20.2 Å². The van der Waals surface area contributed by atoms with Crippen LogP contribution in [0.5, 0.6) is 0 Å². The van der Waals surface area contributed by atoms with E-state index >= 15 is 0 Å². The lowest BCUT2D eigenvalue weighted by molar-refractivity contribution is 0.102. The number of carbonyl (C=O) groups is 1. The van der Waals surface area contributed by atoms with Gasteiger partial charge in [0, 0.05) is 29.5 Å². The summed E-state index contributed by atoms with van der Waals surface area (Å²) >= 11 is 0. The van der Waals surface area contributed by atoms with Crippen LogP contribution in [0.2, 0.25) is 0 Å². The molecule has 1 heterocycles. The molecule has 0 aliphatic carbocycles. The Morgan fingerprint density at radius 2 is 2.00 bits per heavy atom. The van der Waals surface area contributed by atoms with Crippen LogP contribution in [0.25, 0.3) is 11.4 Å². The van der Waals surface area contributed by atoms with Gasteiger partial charge in [-0.05, 0) is 40.8 Å². The normalized spacial score (nSPS) is 10.4. The predicted octanol–water partition coefficient (Wildman–Crippen LogP) is 1.71. The van der Waals surface area contributed by atoms with Gasteiger partial charge < -0.3 is 11.1 Å². The molecule has 0 saturated carbocycles. The molecule has 7 nitrogen and oxygen atoms in total. The maximum absolute atomic E-state index is 12.2. The van der Waals surface area contributed by atoms with Gasteiger partial charge in [-0.3, -0.25) is 4.79 Å². The van der Waals surface area contributed by atoms with E-state index < -0.39 is 0 Å². The van der Waals surface area contributed by atoms with E-state index in [0.29, 0.717) is 22.8 Å². The summed E-state index contributed by atoms with van der Waals surface area (Å²) in [5.74, 6) is 0.403. The Morgan fingerprint density at radius 1 is 1.18 bits per heavy atom. The van der Waals surface area contributed by atoms with Crippen molar-refractivity contribution in [2.45, 2.75) is 0 Å². The summed E-state index contributed by atoms with van der Waals surface area (Å²) in [6, 6.07) is 14.1. The summed E-state index contributed by atoms with van der Waals surface area (Å²) in [4.78, 5) is 12.2. The van der Waals surface area contributed by atoms with Crippen LogP contribution in [0.4, 0.5) is 11.4 Å². The number of nitrogens with one attached hydrogen (secondary N) is 1. The molecule has 0 unspecified atom stereocenters. The first-order chi connectivity index (χ1) is 10.6. The van der Waals surface area contributed by atoms with Crippen LogP contribution in [0, 0.1) is 0 Å². The molecule has 0 fully saturated rings. The first-order valence-corrected chi connectivity index (χ1v) is 6.63. The summed E-state index contributed by atoms with van der Waals surface area (Å²) in [6.07, 6.45) is 0. The molecular weight excluding hydrogens is 280 g/mol. The molecule has 3 aromatic rings. The number of anilines is 2. The van der Waals surface area contributed by atoms with Gasteiger partial charge in [-0.2, -0.15) is 0 Å². The molecule has 0 saturated heterocycles. The number of hydrogen-bond donors (Lipinski definition) is 2. The number of nitrogens with two attached hydrogens (primary N) is 1. The molecule has 22 heavy (non-hydrogen) atoms. The number of tetrazole rings is 1. The van der Waals surface area contributed by atoms with Gasteiger partial charge in [0.2, 0.25) is 0 Å². The van der Waals surface area contributed by atoms with Crippen molar-refractivity contribution < 1.29 is 4.79 Å². The third-order valence-corrected chi connectivity index (χ3v) is 3.15. The third-order valence-electron chi connectivity index (χ3n) is 3.15. The van der Waals surface area contributed by atoms with E-state index in [1.165, 1.54) is 0 Å². The van der Waals surface area contributed by atoms with E-state index in [1.807, 2.05) is 18.2 Å². The number of nitrogen functional groups attached to an aromatic ring is 1. The average Bonchev–Trinajstić information content (AvgIpc) is 2.94. The molecule has 110 valence electrons. The minimum atomic E-state index is -0.222. The van der Waals surface area contributed by atoms with Crippen molar-refractivity contribution in [3.63, 3.8) is 0 Å². The van der Waals surface area contributed by atoms with Gasteiger partial charge in [0.25, 0.3) is 5.91 Å². The van der Waals surface area contributed by atoms with E-state index in [9.17, 15) is 4.79 Å². The molecule has 0 spiro atoms. The Kier molecular flexibility index (Phi) is 3.53. The number of benzene rings is 2. The molecule has 0 radical (unpaired) electrons. The number of aromatic nitrogens is 4. The van der Waals surface area contributed by atoms with E-state index in [1.54, 1.807) is 42.1 Å². The van der Waals surface area contributed by atoms with Gasteiger partial charge in [-0.25, -0.2) is 4.68 Å². The number of amides is 1. The lowest BCUT2D eigenvalue weighted by atomic mass is 10.1. The molecule has 0 aliphatic rings. The summed E-state index contributed by atoms with van der Waals surface area (Å²) in [7, 11) is 1.76. The van der Waals surface area contributed by atoms with Crippen LogP contribution in [0.1, 0.15) is 10.4 Å². The van der Waals surface area contributed by atoms with Crippen LogP contribution in [-0.2, 0) is 7.05 Å². The van der Waals surface area contributed by atoms with Crippen molar-refractivity contribution >= 4 is 17.3 Å². The van der Waals surface area contributed by atoms with E-state index in [4.69, 9.17) is 5.73 Å². The highest BCUT2D eigenvalue weighted by Crippen LogP contribution is 2.20. The topological polar surface area (TPSA) is 98.7 Å². The van der Waals surface area contributed by atoms with Crippen LogP contribution in [0.15, 0.2) is 48.5 Å². The Balaban J connectivity index is 1.84. The molecule has 3 N–H and O–H groups in total. The number of aryl methyl sites for hydroxylation is 1. The first-order valence-electron chi connectivity index (χ1n) is 6.63. The molecule has 2 aromatic carbocycles. The molecule has 7 heteroatoms. The lowest BCUT2D eigenvalue weighted by Gasteiger charge is -2.07. The summed E-state index contributed by atoms with van der Waals surface area (Å²) < 4.78 is 1.57. The fourth-order valence-electron chi connectivity index (χ4n) is 2.09. The standard InChI is InChI=1S/C15H14N6O/c1-21-14(18-19-20-21)10-4-3-7-13(9-10)17-15(22)11-5-2-6-12(16)8-11/h2-9H,16H2,1H3,(H,17,22). The largest absolute Gasteiger partial charge is 0.399 e. The molecule has 0 bridgehead atoms. The summed E-state index contributed by atoms with van der Waals surface area (Å²) in [5.41, 5.74) is 8.22. The van der Waals surface area contributed by atoms with Crippen molar-refractivity contribution in [2.24, 2.45) is 7.05 Å². The molecular formula is C15H14N6O. The average molecular weight is 294 g/mol. The zero-order valence-corrected chi connectivity index (χ0v) is 11.9. The predicted molar refractivity (Wildman–Crippen MR) is 83.0 cm³/mol. The van der Waals surface area contributed by atoms with Crippen molar-refractivity contribution in [1.29, 1.82) is 0 Å². The van der Waals surface area contributed by atoms with Crippen LogP contribution >= 0.6 is 0 Å². The highest BCUT2D eigenvalue weighted by Gasteiger charge is 2.09. The zero-order valence-electron chi connectivity index (χ0n) is 11.9. The second-order valence-electron chi connectivity index (χ2n) is 4.79. The quantitative estimate of drug-likeness (QED) is 0.716. The SMILES string of the molecule is Cn1nnnc1-c1cccc(NC(=O)c2cccc(N)c2)c1. The Hall–Kier alpha value is -3.22. The smallest absolute Gasteiger partial charge is 0.255 e. The monoisotopic (exact) mass is 294 g/mol. The fraction of sp³-hybridized carbons (Fsp3) is 0.0667. The second-order valence-corrected chi connectivity index (χ2v) is 4.79. The highest BCUT2D eigenvalue weighted by molar-refractivity contribution is 6.04. The van der Waals surface area contributed by atoms with Crippen molar-refractivity contribution in [2.75, 3.05) is 11.1 Å². The zero-order chi connectivity index (χ0) is 15.5. The molecule has 1 aromatic heterocycles. The van der Waals surface area contributed by atoms with Crippen LogP contribution < -0.4 is 11.1 Å². The number of nitrogens with zero attached hydrogens (tertiary/aromatic N) is 4. The molecule has 0 aliphatic heterocycles. The highest BCUT2D eigenvalue weighted by atomic mass is 16.1. The maximum Gasteiger partial charge on any atom is 0.255 e. The first kappa shape index (κ1) is 13.7. The van der Waals surface area contributed by atoms with Gasteiger partial charge in [0.15, 0.2) is 5.82 Å².